The van der Waals surface area contributed by atoms with E-state index in [1.165, 1.54) is 50.0 Å². The molecule has 2 aliphatic heterocycles. The number of carbonyl (C=O) groups is 2. The van der Waals surface area contributed by atoms with Gasteiger partial charge in [0.05, 0.1) is 16.9 Å². The molecule has 2 aromatic rings. The first-order chi connectivity index (χ1) is 15.1. The van der Waals surface area contributed by atoms with Crippen LogP contribution in [0.3, 0.4) is 0 Å². The second-order valence-electron chi connectivity index (χ2n) is 7.66. The van der Waals surface area contributed by atoms with E-state index in [-0.39, 0.29) is 60.8 Å². The van der Waals surface area contributed by atoms with Gasteiger partial charge in [-0.25, -0.2) is 21.8 Å². The van der Waals surface area contributed by atoms with Crippen LogP contribution < -0.4 is 4.90 Å². The molecule has 13 heteroatoms. The average molecular weight is 482 g/mol. The number of imidazole rings is 1. The first-order valence-electron chi connectivity index (χ1n) is 10.0. The molecule has 2 aliphatic rings. The van der Waals surface area contributed by atoms with Gasteiger partial charge in [-0.15, -0.1) is 0 Å². The fourth-order valence-corrected chi connectivity index (χ4v) is 6.69. The Morgan fingerprint density at radius 3 is 1.91 bits per heavy atom. The van der Waals surface area contributed by atoms with E-state index in [0.717, 1.165) is 4.90 Å². The molecule has 2 saturated heterocycles. The Balaban J connectivity index is 1.50. The molecule has 4 rings (SSSR count). The number of anilines is 1. The number of benzene rings is 1. The number of carbonyl (C=O) groups excluding carboxylic acids is 2. The number of aryl methyl sites for hydroxylation is 1. The van der Waals surface area contributed by atoms with E-state index in [4.69, 9.17) is 0 Å². The van der Waals surface area contributed by atoms with Crippen LogP contribution in [0, 0.1) is 0 Å². The highest BCUT2D eigenvalue weighted by Crippen LogP contribution is 2.26. The number of hydrogen-bond acceptors (Lipinski definition) is 7. The maximum absolute atomic E-state index is 13.1. The van der Waals surface area contributed by atoms with Crippen molar-refractivity contribution in [2.75, 3.05) is 31.1 Å². The predicted molar refractivity (Wildman–Crippen MR) is 114 cm³/mol. The molecule has 172 valence electrons. The molecule has 0 bridgehead atoms. The Bertz CT molecular complexity index is 1240. The second kappa shape index (κ2) is 8.39. The molecule has 0 saturated carbocycles. The monoisotopic (exact) mass is 481 g/mol. The molecule has 0 atom stereocenters. The summed E-state index contributed by atoms with van der Waals surface area (Å²) < 4.78 is 55.9. The minimum Gasteiger partial charge on any atom is -0.339 e. The molecule has 1 aromatic carbocycles. The highest BCUT2D eigenvalue weighted by molar-refractivity contribution is 7.89. The summed E-state index contributed by atoms with van der Waals surface area (Å²) in [5.41, 5.74) is 0.333. The molecule has 2 fully saturated rings. The number of amides is 2. The summed E-state index contributed by atoms with van der Waals surface area (Å²) in [7, 11) is -6.02. The highest BCUT2D eigenvalue weighted by Gasteiger charge is 2.34. The molecule has 3 heterocycles. The molecule has 11 nitrogen and oxygen atoms in total. The van der Waals surface area contributed by atoms with Crippen LogP contribution in [0.2, 0.25) is 0 Å². The normalized spacial score (nSPS) is 19.5. The molecular formula is C19H23N5O6S2. The Labute approximate surface area is 186 Å². The van der Waals surface area contributed by atoms with Crippen molar-refractivity contribution in [3.63, 3.8) is 0 Å². The molecule has 0 aliphatic carbocycles. The van der Waals surface area contributed by atoms with Crippen molar-refractivity contribution in [2.24, 2.45) is 7.05 Å². The van der Waals surface area contributed by atoms with E-state index in [1.54, 1.807) is 7.05 Å². The standard InChI is InChI=1S/C19H23N5O6S2/c1-21-13-17(20-14-21)32(29,30)23-10-2-9-22(11-12-23)31(27,28)16-5-3-15(4-6-16)24-18(25)7-8-19(24)26/h3-6,13-14H,2,7-12H2,1H3. The van der Waals surface area contributed by atoms with E-state index in [9.17, 15) is 26.4 Å². The summed E-state index contributed by atoms with van der Waals surface area (Å²) in [5.74, 6) is -0.625. The van der Waals surface area contributed by atoms with Crippen LogP contribution in [0.5, 0.6) is 0 Å². The van der Waals surface area contributed by atoms with Gasteiger partial charge in [0, 0.05) is 52.3 Å². The summed E-state index contributed by atoms with van der Waals surface area (Å²) in [4.78, 5) is 28.8. The largest absolute Gasteiger partial charge is 0.339 e. The van der Waals surface area contributed by atoms with Gasteiger partial charge >= 0.3 is 0 Å². The molecule has 0 N–H and O–H groups in total. The summed E-state index contributed by atoms with van der Waals surface area (Å²) in [6.45, 7) is 0.358. The summed E-state index contributed by atoms with van der Waals surface area (Å²) in [5, 5.41) is -0.0714. The van der Waals surface area contributed by atoms with Crippen molar-refractivity contribution in [3.8, 4) is 0 Å². The summed E-state index contributed by atoms with van der Waals surface area (Å²) >= 11 is 0. The van der Waals surface area contributed by atoms with Gasteiger partial charge in [0.2, 0.25) is 21.8 Å². The Morgan fingerprint density at radius 1 is 0.812 bits per heavy atom. The summed E-state index contributed by atoms with van der Waals surface area (Å²) in [6.07, 6.45) is 3.43. The van der Waals surface area contributed by atoms with Gasteiger partial charge in [-0.2, -0.15) is 8.61 Å². The van der Waals surface area contributed by atoms with Crippen LogP contribution in [-0.2, 0) is 36.7 Å². The molecule has 0 unspecified atom stereocenters. The van der Waals surface area contributed by atoms with Crippen LogP contribution in [0.15, 0.2) is 46.7 Å². The van der Waals surface area contributed by atoms with Crippen LogP contribution in [0.25, 0.3) is 0 Å². The third kappa shape index (κ3) is 4.08. The quantitative estimate of drug-likeness (QED) is 0.556. The Hall–Kier alpha value is -2.61. The van der Waals surface area contributed by atoms with Crippen molar-refractivity contribution in [2.45, 2.75) is 29.2 Å². The van der Waals surface area contributed by atoms with Gasteiger partial charge in [0.1, 0.15) is 0 Å². The number of aromatic nitrogens is 2. The van der Waals surface area contributed by atoms with Gasteiger partial charge < -0.3 is 4.57 Å². The summed E-state index contributed by atoms with van der Waals surface area (Å²) in [6, 6.07) is 5.58. The molecule has 1 aromatic heterocycles. The number of hydrogen-bond donors (Lipinski definition) is 0. The SMILES string of the molecule is Cn1cnc(S(=O)(=O)N2CCCN(S(=O)(=O)c3ccc(N4C(=O)CCC4=O)cc3)CC2)c1. The third-order valence-electron chi connectivity index (χ3n) is 5.48. The molecular weight excluding hydrogens is 458 g/mol. The predicted octanol–water partition coefficient (Wildman–Crippen LogP) is 0.159. The molecule has 2 amide bonds. The lowest BCUT2D eigenvalue weighted by molar-refractivity contribution is -0.121. The van der Waals surface area contributed by atoms with Gasteiger partial charge in [0.15, 0.2) is 5.03 Å². The maximum atomic E-state index is 13.1. The van der Waals surface area contributed by atoms with Gasteiger partial charge in [0.25, 0.3) is 10.0 Å². The minimum atomic E-state index is -3.88. The van der Waals surface area contributed by atoms with Crippen molar-refractivity contribution < 1.29 is 26.4 Å². The van der Waals surface area contributed by atoms with Gasteiger partial charge in [-0.05, 0) is 30.7 Å². The lowest BCUT2D eigenvalue weighted by atomic mass is 10.3. The van der Waals surface area contributed by atoms with E-state index in [1.807, 2.05) is 0 Å². The van der Waals surface area contributed by atoms with Crippen LogP contribution in [-0.4, -0.2) is 73.0 Å². The van der Waals surface area contributed by atoms with Crippen molar-refractivity contribution in [1.82, 2.24) is 18.2 Å². The van der Waals surface area contributed by atoms with E-state index in [2.05, 4.69) is 4.98 Å². The van der Waals surface area contributed by atoms with E-state index in [0.29, 0.717) is 12.1 Å². The van der Waals surface area contributed by atoms with Crippen molar-refractivity contribution in [1.29, 1.82) is 0 Å². The fraction of sp³-hybridized carbons (Fsp3) is 0.421. The van der Waals surface area contributed by atoms with E-state index < -0.39 is 20.0 Å². The highest BCUT2D eigenvalue weighted by atomic mass is 32.2. The molecule has 32 heavy (non-hydrogen) atoms. The molecule has 0 radical (unpaired) electrons. The first-order valence-corrected chi connectivity index (χ1v) is 12.9. The maximum Gasteiger partial charge on any atom is 0.262 e. The zero-order valence-corrected chi connectivity index (χ0v) is 19.0. The molecule has 0 spiro atoms. The van der Waals surface area contributed by atoms with Gasteiger partial charge in [-0.1, -0.05) is 0 Å². The smallest absolute Gasteiger partial charge is 0.262 e. The number of nitrogens with zero attached hydrogens (tertiary/aromatic N) is 5. The number of sulfonamides is 2. The van der Waals surface area contributed by atoms with Gasteiger partial charge in [-0.3, -0.25) is 14.5 Å². The zero-order valence-electron chi connectivity index (χ0n) is 17.4. The zero-order chi connectivity index (χ0) is 23.1. The van der Waals surface area contributed by atoms with E-state index >= 15 is 0 Å². The van der Waals surface area contributed by atoms with Crippen molar-refractivity contribution >= 4 is 37.5 Å². The van der Waals surface area contributed by atoms with Crippen LogP contribution in [0.4, 0.5) is 5.69 Å². The fourth-order valence-electron chi connectivity index (χ4n) is 3.79. The Morgan fingerprint density at radius 2 is 1.38 bits per heavy atom. The lowest BCUT2D eigenvalue weighted by Gasteiger charge is -2.21. The average Bonchev–Trinajstić information content (AvgIpc) is 3.23. The second-order valence-corrected chi connectivity index (χ2v) is 11.5. The first kappa shape index (κ1) is 22.6. The lowest BCUT2D eigenvalue weighted by Crippen LogP contribution is -2.37. The van der Waals surface area contributed by atoms with Crippen LogP contribution in [0.1, 0.15) is 19.3 Å². The number of imide groups is 1. The van der Waals surface area contributed by atoms with Crippen LogP contribution >= 0.6 is 0 Å². The Kier molecular flexibility index (Phi) is 5.92. The van der Waals surface area contributed by atoms with Crippen molar-refractivity contribution in [3.05, 3.63) is 36.8 Å². The number of rotatable bonds is 5. The minimum absolute atomic E-state index is 0.000749. The topological polar surface area (TPSA) is 130 Å². The third-order valence-corrected chi connectivity index (χ3v) is 9.18.